The van der Waals surface area contributed by atoms with Crippen molar-refractivity contribution in [2.45, 2.75) is 18.9 Å². The van der Waals surface area contributed by atoms with Gasteiger partial charge in [-0.05, 0) is 73.0 Å². The minimum absolute atomic E-state index is 0.0573. The Labute approximate surface area is 244 Å². The molecule has 40 heavy (non-hydrogen) atoms. The van der Waals surface area contributed by atoms with Crippen LogP contribution in [0.3, 0.4) is 0 Å². The lowest BCUT2D eigenvalue weighted by Gasteiger charge is -2.34. The first-order valence-electron chi connectivity index (χ1n) is 13.1. The van der Waals surface area contributed by atoms with Crippen molar-refractivity contribution in [3.05, 3.63) is 87.9 Å². The largest absolute Gasteiger partial charge is 0.368 e. The van der Waals surface area contributed by atoms with E-state index in [1.165, 1.54) is 0 Å². The quantitative estimate of drug-likeness (QED) is 0.349. The number of nitrogens with zero attached hydrogens (tertiary/aromatic N) is 3. The van der Waals surface area contributed by atoms with Crippen molar-refractivity contribution in [1.82, 2.24) is 9.80 Å². The van der Waals surface area contributed by atoms with Crippen LogP contribution in [0, 0.1) is 0 Å². The van der Waals surface area contributed by atoms with Gasteiger partial charge in [-0.1, -0.05) is 59.6 Å². The van der Waals surface area contributed by atoms with E-state index in [4.69, 9.17) is 34.7 Å². The Morgan fingerprint density at radius 2 is 1.45 bits per heavy atom. The normalized spacial score (nSPS) is 14.1. The molecule has 3 amide bonds. The second-order valence-electron chi connectivity index (χ2n) is 10.0. The van der Waals surface area contributed by atoms with E-state index in [1.807, 2.05) is 36.4 Å². The molecule has 1 fully saturated rings. The third-order valence-electron chi connectivity index (χ3n) is 7.23. The molecular formula is C30H33Cl2N5O3. The zero-order valence-corrected chi connectivity index (χ0v) is 23.9. The predicted octanol–water partition coefficient (Wildman–Crippen LogP) is 4.35. The number of amides is 3. The molecule has 10 heteroatoms. The summed E-state index contributed by atoms with van der Waals surface area (Å²) in [5.41, 5.74) is 14.8. The van der Waals surface area contributed by atoms with Crippen LogP contribution >= 0.6 is 23.2 Å². The average Bonchev–Trinajstić information content (AvgIpc) is 3.46. The van der Waals surface area contributed by atoms with E-state index < -0.39 is 11.8 Å². The van der Waals surface area contributed by atoms with Gasteiger partial charge in [0.25, 0.3) is 0 Å². The monoisotopic (exact) mass is 581 g/mol. The summed E-state index contributed by atoms with van der Waals surface area (Å²) in [6, 6.07) is 20.0. The van der Waals surface area contributed by atoms with Gasteiger partial charge in [0.1, 0.15) is 0 Å². The SMILES string of the molecule is CN(C(=O)CN(CC(N)=O)c1ccc(Cl)c(Cl)c1)C(CN1CCCC1)c1ccc(-c2ccc(C(N)=O)cc2)cc1. The van der Waals surface area contributed by atoms with E-state index in [0.29, 0.717) is 27.8 Å². The molecule has 1 unspecified atom stereocenters. The van der Waals surface area contributed by atoms with E-state index in [0.717, 1.165) is 42.6 Å². The highest BCUT2D eigenvalue weighted by Crippen LogP contribution is 2.29. The highest BCUT2D eigenvalue weighted by Gasteiger charge is 2.27. The summed E-state index contributed by atoms with van der Waals surface area (Å²) in [5, 5.41) is 0.705. The molecule has 1 aliphatic rings. The topological polar surface area (TPSA) is 113 Å². The molecule has 3 aromatic rings. The summed E-state index contributed by atoms with van der Waals surface area (Å²) >= 11 is 12.3. The van der Waals surface area contributed by atoms with Crippen LogP contribution in [-0.2, 0) is 9.59 Å². The number of likely N-dealkylation sites (tertiary alicyclic amines) is 1. The second-order valence-corrected chi connectivity index (χ2v) is 10.8. The molecule has 1 heterocycles. The van der Waals surface area contributed by atoms with E-state index in [9.17, 15) is 14.4 Å². The first kappa shape index (κ1) is 29.4. The molecule has 1 atom stereocenters. The number of carbonyl (C=O) groups excluding carboxylic acids is 3. The molecule has 0 saturated carbocycles. The van der Waals surface area contributed by atoms with Crippen LogP contribution in [-0.4, -0.2) is 67.3 Å². The van der Waals surface area contributed by atoms with Gasteiger partial charge in [-0.15, -0.1) is 0 Å². The Kier molecular flexibility index (Phi) is 9.68. The molecule has 0 spiro atoms. The first-order chi connectivity index (χ1) is 19.1. The summed E-state index contributed by atoms with van der Waals surface area (Å²) < 4.78 is 0. The van der Waals surface area contributed by atoms with E-state index in [1.54, 1.807) is 47.2 Å². The first-order valence-corrected chi connectivity index (χ1v) is 13.8. The number of rotatable bonds is 11. The van der Waals surface area contributed by atoms with Crippen molar-refractivity contribution in [1.29, 1.82) is 0 Å². The minimum atomic E-state index is -0.561. The van der Waals surface area contributed by atoms with Crippen LogP contribution < -0.4 is 16.4 Å². The molecule has 210 valence electrons. The lowest BCUT2D eigenvalue weighted by Crippen LogP contribution is -2.45. The van der Waals surface area contributed by atoms with Crippen molar-refractivity contribution in [3.63, 3.8) is 0 Å². The zero-order valence-electron chi connectivity index (χ0n) is 22.4. The van der Waals surface area contributed by atoms with Gasteiger partial charge in [-0.25, -0.2) is 0 Å². The van der Waals surface area contributed by atoms with Gasteiger partial charge >= 0.3 is 0 Å². The lowest BCUT2D eigenvalue weighted by molar-refractivity contribution is -0.131. The third kappa shape index (κ3) is 7.33. The van der Waals surface area contributed by atoms with Crippen molar-refractivity contribution < 1.29 is 14.4 Å². The fourth-order valence-corrected chi connectivity index (χ4v) is 5.24. The van der Waals surface area contributed by atoms with Crippen LogP contribution in [0.15, 0.2) is 66.7 Å². The highest BCUT2D eigenvalue weighted by molar-refractivity contribution is 6.42. The average molecular weight is 583 g/mol. The predicted molar refractivity (Wildman–Crippen MR) is 159 cm³/mol. The van der Waals surface area contributed by atoms with Gasteiger partial charge in [0.2, 0.25) is 17.7 Å². The maximum absolute atomic E-state index is 13.6. The summed E-state index contributed by atoms with van der Waals surface area (Å²) in [5.74, 6) is -1.19. The molecule has 1 saturated heterocycles. The number of carbonyl (C=O) groups is 3. The number of hydrogen-bond donors (Lipinski definition) is 2. The molecule has 0 aromatic heterocycles. The van der Waals surface area contributed by atoms with Gasteiger partial charge in [0, 0.05) is 24.8 Å². The number of benzene rings is 3. The lowest BCUT2D eigenvalue weighted by atomic mass is 9.98. The van der Waals surface area contributed by atoms with Crippen molar-refractivity contribution >= 4 is 46.6 Å². The molecule has 3 aromatic carbocycles. The van der Waals surface area contributed by atoms with Crippen LogP contribution in [0.2, 0.25) is 10.0 Å². The molecule has 0 bridgehead atoms. The standard InChI is InChI=1S/C30H33Cl2N5O3/c1-35(29(39)19-37(18-28(33)38)24-12-13-25(31)26(32)16-24)27(17-36-14-2-3-15-36)22-8-4-20(5-9-22)21-6-10-23(11-7-21)30(34)40/h4-13,16,27H,2-3,14-15,17-19H2,1H3,(H2,33,38)(H2,34,40). The fraction of sp³-hybridized carbons (Fsp3) is 0.300. The summed E-state index contributed by atoms with van der Waals surface area (Å²) in [6.07, 6.45) is 2.27. The fourth-order valence-electron chi connectivity index (χ4n) is 4.94. The minimum Gasteiger partial charge on any atom is -0.368 e. The Bertz CT molecular complexity index is 1360. The van der Waals surface area contributed by atoms with Gasteiger partial charge in [-0.3, -0.25) is 14.4 Å². The zero-order chi connectivity index (χ0) is 28.8. The molecule has 4 N–H and O–H groups in total. The Balaban J connectivity index is 1.57. The Morgan fingerprint density at radius 1 is 0.850 bits per heavy atom. The van der Waals surface area contributed by atoms with Crippen LogP contribution in [0.5, 0.6) is 0 Å². The molecule has 4 rings (SSSR count). The second kappa shape index (κ2) is 13.2. The molecule has 0 radical (unpaired) electrons. The van der Waals surface area contributed by atoms with Gasteiger partial charge in [-0.2, -0.15) is 0 Å². The van der Waals surface area contributed by atoms with Gasteiger partial charge in [0.05, 0.1) is 29.2 Å². The summed E-state index contributed by atoms with van der Waals surface area (Å²) in [6.45, 7) is 2.47. The van der Waals surface area contributed by atoms with Crippen LogP contribution in [0.4, 0.5) is 5.69 Å². The van der Waals surface area contributed by atoms with Crippen LogP contribution in [0.1, 0.15) is 34.8 Å². The number of hydrogen-bond acceptors (Lipinski definition) is 5. The van der Waals surface area contributed by atoms with Crippen molar-refractivity contribution in [2.75, 3.05) is 44.7 Å². The Morgan fingerprint density at radius 3 is 2.00 bits per heavy atom. The highest BCUT2D eigenvalue weighted by atomic mass is 35.5. The maximum Gasteiger partial charge on any atom is 0.248 e. The van der Waals surface area contributed by atoms with E-state index >= 15 is 0 Å². The summed E-state index contributed by atoms with van der Waals surface area (Å²) in [4.78, 5) is 42.6. The van der Waals surface area contributed by atoms with Crippen LogP contribution in [0.25, 0.3) is 11.1 Å². The summed E-state index contributed by atoms with van der Waals surface area (Å²) in [7, 11) is 1.79. The van der Waals surface area contributed by atoms with Crippen molar-refractivity contribution in [2.24, 2.45) is 11.5 Å². The van der Waals surface area contributed by atoms with E-state index in [-0.39, 0.29) is 25.0 Å². The van der Waals surface area contributed by atoms with Gasteiger partial charge < -0.3 is 26.2 Å². The Hall–Kier alpha value is -3.59. The molecule has 1 aliphatic heterocycles. The number of halogens is 2. The van der Waals surface area contributed by atoms with Crippen molar-refractivity contribution in [3.8, 4) is 11.1 Å². The third-order valence-corrected chi connectivity index (χ3v) is 7.97. The smallest absolute Gasteiger partial charge is 0.248 e. The van der Waals surface area contributed by atoms with E-state index in [2.05, 4.69) is 4.90 Å². The number of primary amides is 2. The molecule has 0 aliphatic carbocycles. The van der Waals surface area contributed by atoms with Gasteiger partial charge in [0.15, 0.2) is 0 Å². The number of anilines is 1. The molecule has 8 nitrogen and oxygen atoms in total. The molecular weight excluding hydrogens is 549 g/mol. The maximum atomic E-state index is 13.6. The number of nitrogens with two attached hydrogens (primary N) is 2. The number of likely N-dealkylation sites (N-methyl/N-ethyl adjacent to an activating group) is 1.